The van der Waals surface area contributed by atoms with Crippen molar-refractivity contribution in [3.05, 3.63) is 136 Å². The highest BCUT2D eigenvalue weighted by Crippen LogP contribution is 2.45. The van der Waals surface area contributed by atoms with Gasteiger partial charge in [0.15, 0.2) is 11.6 Å². The second kappa shape index (κ2) is 14.4. The summed E-state index contributed by atoms with van der Waals surface area (Å²) >= 11 is 2.96. The molecular weight excluding hydrogens is 815 g/mol. The molecule has 8 heterocycles. The number of halogens is 5. The molecule has 0 atom stereocenters. The first-order valence-corrected chi connectivity index (χ1v) is 19.0. The Kier molecular flexibility index (Phi) is 9.67. The van der Waals surface area contributed by atoms with Gasteiger partial charge in [-0.2, -0.15) is 0 Å². The van der Waals surface area contributed by atoms with E-state index in [9.17, 15) is 8.78 Å². The minimum Gasteiger partial charge on any atom is -0.537 e. The number of nitrogens with zero attached hydrogens (tertiary/aromatic N) is 4. The molecular formula is C42H37BBrF4N8O2. The van der Waals surface area contributed by atoms with Crippen LogP contribution in [0.3, 0.4) is 0 Å². The third-order valence-electron chi connectivity index (χ3n) is 10.4. The molecule has 10 nitrogen and oxygen atoms in total. The van der Waals surface area contributed by atoms with Crippen molar-refractivity contribution in [2.24, 2.45) is 0 Å². The Hall–Kier alpha value is -6.00. The van der Waals surface area contributed by atoms with E-state index in [-0.39, 0.29) is 15.6 Å². The second-order valence-corrected chi connectivity index (χ2v) is 15.9. The lowest BCUT2D eigenvalue weighted by Crippen LogP contribution is -2.35. The number of fused-ring (bicyclic) bond motifs is 8. The summed E-state index contributed by atoms with van der Waals surface area (Å²) in [6.07, 6.45) is 6.65. The number of anilines is 2. The second-order valence-electron chi connectivity index (χ2n) is 15.1. The number of hydrogen-bond acceptors (Lipinski definition) is 6. The van der Waals surface area contributed by atoms with E-state index in [4.69, 9.17) is 9.68 Å². The molecule has 2 aliphatic rings. The summed E-state index contributed by atoms with van der Waals surface area (Å²) in [7, 11) is 0.655. The Balaban J connectivity index is 0.000000132. The highest BCUT2D eigenvalue weighted by Gasteiger charge is 2.36. The van der Waals surface area contributed by atoms with E-state index in [1.54, 1.807) is 43.0 Å². The minimum atomic E-state index is -0.604. The number of benzene rings is 2. The monoisotopic (exact) mass is 851 g/mol. The molecule has 0 amide bonds. The average Bonchev–Trinajstić information content (AvgIpc) is 3.99. The molecule has 6 aromatic heterocycles. The van der Waals surface area contributed by atoms with Crippen molar-refractivity contribution >= 4 is 57.1 Å². The van der Waals surface area contributed by atoms with Gasteiger partial charge in [0.05, 0.1) is 37.9 Å². The lowest BCUT2D eigenvalue weighted by Gasteiger charge is -2.36. The van der Waals surface area contributed by atoms with E-state index in [0.717, 1.165) is 33.8 Å². The lowest BCUT2D eigenvalue weighted by atomic mass is 9.94. The molecule has 16 heteroatoms. The summed E-state index contributed by atoms with van der Waals surface area (Å²) in [4.78, 5) is 14.2. The number of H-pyrrole nitrogens is 2. The molecule has 0 fully saturated rings. The maximum atomic E-state index is 15.8. The Morgan fingerprint density at radius 1 is 0.690 bits per heavy atom. The van der Waals surface area contributed by atoms with Crippen LogP contribution in [0.1, 0.15) is 50.5 Å². The minimum absolute atomic E-state index is 0.0405. The SMILES string of the molecule is Cc1ccc2n1-c1c(cc(F)c(-c3ccnc4[nH]ccc34)c1F)NC2(C)C.Cc1ccc2n1-c1c(cc(F)c(Br)c1F)NC2(C)C.O[B]Oc1ccnc2[nH]ccc12. The molecule has 0 saturated heterocycles. The van der Waals surface area contributed by atoms with E-state index in [2.05, 4.69) is 46.5 Å². The number of rotatable bonds is 3. The largest absolute Gasteiger partial charge is 0.569 e. The zero-order chi connectivity index (χ0) is 41.3. The van der Waals surface area contributed by atoms with Crippen molar-refractivity contribution in [3.8, 4) is 28.3 Å². The summed E-state index contributed by atoms with van der Waals surface area (Å²) in [5, 5.41) is 16.4. The standard InChI is InChI=1S/C21H18F2N4.C14H13BrF2N2.C7H6BN2O2/c1-11-4-5-16-21(2,3)26-15-10-14(22)17(18(23)19(15)27(11)16)12-6-8-24-20-13(12)7-9-25-20;1-7-4-5-10-14(2,3)18-9-6-8(16)11(15)12(17)13(9)19(7)10;11-8-12-6-2-4-10-7-5(6)1-3-9-7/h4-10,26H,1-3H3,(H,24,25);4-6,18H,1-3H3;1-4,11H,(H,9,10). The Morgan fingerprint density at radius 2 is 1.21 bits per heavy atom. The highest BCUT2D eigenvalue weighted by atomic mass is 79.9. The molecule has 0 aliphatic carbocycles. The van der Waals surface area contributed by atoms with E-state index in [1.807, 2.05) is 81.0 Å². The van der Waals surface area contributed by atoms with Crippen LogP contribution in [-0.4, -0.2) is 41.8 Å². The number of nitrogens with one attached hydrogen (secondary N) is 4. The van der Waals surface area contributed by atoms with Gasteiger partial charge in [-0.3, -0.25) is 0 Å². The van der Waals surface area contributed by atoms with Crippen LogP contribution in [0.5, 0.6) is 5.75 Å². The van der Waals surface area contributed by atoms with Gasteiger partial charge in [0, 0.05) is 64.6 Å². The van der Waals surface area contributed by atoms with E-state index >= 15 is 8.78 Å². The summed E-state index contributed by atoms with van der Waals surface area (Å²) in [6.45, 7) is 11.8. The smallest absolute Gasteiger partial charge is 0.537 e. The average molecular weight is 853 g/mol. The number of aryl methyl sites for hydroxylation is 2. The zero-order valence-corrected chi connectivity index (χ0v) is 33.8. The summed E-state index contributed by atoms with van der Waals surface area (Å²) in [5.74, 6) is -1.78. The van der Waals surface area contributed by atoms with Gasteiger partial charge in [0.1, 0.15) is 40.1 Å². The third-order valence-corrected chi connectivity index (χ3v) is 11.2. The van der Waals surface area contributed by atoms with Crippen LogP contribution in [0, 0.1) is 37.1 Å². The molecule has 0 unspecified atom stereocenters. The normalized spacial score (nSPS) is 14.1. The third kappa shape index (κ3) is 6.40. The van der Waals surface area contributed by atoms with Crippen molar-refractivity contribution in [2.45, 2.75) is 52.6 Å². The topological polar surface area (TPSA) is 121 Å². The Labute approximate surface area is 339 Å². The van der Waals surface area contributed by atoms with Crippen LogP contribution in [0.2, 0.25) is 0 Å². The zero-order valence-electron chi connectivity index (χ0n) is 32.2. The van der Waals surface area contributed by atoms with Crippen LogP contribution in [0.4, 0.5) is 28.9 Å². The molecule has 1 radical (unpaired) electrons. The van der Waals surface area contributed by atoms with Crippen LogP contribution in [0.25, 0.3) is 44.6 Å². The first kappa shape index (κ1) is 38.9. The summed E-state index contributed by atoms with van der Waals surface area (Å²) < 4.78 is 67.4. The van der Waals surface area contributed by atoms with Gasteiger partial charge in [0.2, 0.25) is 0 Å². The first-order chi connectivity index (χ1) is 27.6. The fourth-order valence-electron chi connectivity index (χ4n) is 7.79. The molecule has 2 aromatic carbocycles. The van der Waals surface area contributed by atoms with Crippen molar-refractivity contribution in [2.75, 3.05) is 10.6 Å². The van der Waals surface area contributed by atoms with Crippen LogP contribution >= 0.6 is 15.9 Å². The number of pyridine rings is 2. The van der Waals surface area contributed by atoms with Crippen LogP contribution in [-0.2, 0) is 11.1 Å². The summed E-state index contributed by atoms with van der Waals surface area (Å²) in [6, 6.07) is 17.5. The van der Waals surface area contributed by atoms with Gasteiger partial charge in [-0.15, -0.1) is 0 Å². The van der Waals surface area contributed by atoms with E-state index in [0.29, 0.717) is 52.8 Å². The lowest BCUT2D eigenvalue weighted by molar-refractivity contribution is 0.456. The van der Waals surface area contributed by atoms with Crippen LogP contribution in [0.15, 0.2) is 89.9 Å². The van der Waals surface area contributed by atoms with Gasteiger partial charge in [-0.25, -0.2) is 27.5 Å². The van der Waals surface area contributed by atoms with Gasteiger partial charge in [-0.1, -0.05) is 0 Å². The molecule has 5 N–H and O–H groups in total. The van der Waals surface area contributed by atoms with Crippen molar-refractivity contribution in [1.82, 2.24) is 29.1 Å². The van der Waals surface area contributed by atoms with Crippen molar-refractivity contribution in [3.63, 3.8) is 0 Å². The molecule has 0 saturated carbocycles. The van der Waals surface area contributed by atoms with Gasteiger partial charge in [0.25, 0.3) is 0 Å². The molecule has 8 aromatic rings. The van der Waals surface area contributed by atoms with Crippen molar-refractivity contribution < 1.29 is 27.2 Å². The van der Waals surface area contributed by atoms with Crippen molar-refractivity contribution in [1.29, 1.82) is 0 Å². The molecule has 0 spiro atoms. The highest BCUT2D eigenvalue weighted by molar-refractivity contribution is 9.10. The Morgan fingerprint density at radius 3 is 1.79 bits per heavy atom. The van der Waals surface area contributed by atoms with E-state index < -0.39 is 28.8 Å². The Bertz CT molecular complexity index is 2880. The summed E-state index contributed by atoms with van der Waals surface area (Å²) in [5.41, 5.74) is 6.31. The van der Waals surface area contributed by atoms with Crippen LogP contribution < -0.4 is 15.3 Å². The number of aromatic amines is 2. The molecule has 10 rings (SSSR count). The fourth-order valence-corrected chi connectivity index (χ4v) is 8.09. The number of hydrogen-bond donors (Lipinski definition) is 5. The first-order valence-electron chi connectivity index (χ1n) is 18.2. The predicted octanol–water partition coefficient (Wildman–Crippen LogP) is 10.2. The molecule has 295 valence electrons. The number of aromatic nitrogens is 6. The molecule has 0 bridgehead atoms. The maximum absolute atomic E-state index is 15.8. The quantitative estimate of drug-likeness (QED) is 0.0686. The fraction of sp³-hybridized carbons (Fsp3) is 0.190. The van der Waals surface area contributed by atoms with Gasteiger partial charge in [-0.05, 0) is 112 Å². The van der Waals surface area contributed by atoms with Gasteiger partial charge >= 0.3 is 7.69 Å². The molecule has 2 aliphatic heterocycles. The maximum Gasteiger partial charge on any atom is 0.569 e. The van der Waals surface area contributed by atoms with E-state index in [1.165, 1.54) is 12.1 Å². The molecule has 58 heavy (non-hydrogen) atoms. The van der Waals surface area contributed by atoms with Gasteiger partial charge < -0.3 is 39.4 Å². The predicted molar refractivity (Wildman–Crippen MR) is 222 cm³/mol.